The predicted octanol–water partition coefficient (Wildman–Crippen LogP) is 3.42. The van der Waals surface area contributed by atoms with Crippen LogP contribution in [0.1, 0.15) is 36.0 Å². The summed E-state index contributed by atoms with van der Waals surface area (Å²) in [6.07, 6.45) is 1.47. The lowest BCUT2D eigenvalue weighted by Gasteiger charge is -2.14. The van der Waals surface area contributed by atoms with E-state index in [2.05, 4.69) is 15.4 Å². The number of carboxylic acids is 1. The number of aromatic nitrogens is 3. The fraction of sp³-hybridized carbons (Fsp3) is 0.444. The first-order valence-corrected chi connectivity index (χ1v) is 8.45. The zero-order valence-corrected chi connectivity index (χ0v) is 15.0. The number of carbonyl (C=O) groups is 2. The highest BCUT2D eigenvalue weighted by Gasteiger charge is 2.38. The Morgan fingerprint density at radius 2 is 2.14 bits per heavy atom. The third-order valence-corrected chi connectivity index (χ3v) is 4.13. The Bertz CT molecular complexity index is 945. The number of nitrogens with zero attached hydrogens (tertiary/aromatic N) is 3. The standard InChI is InChI=1S/C16H20N4O.C2HF3O2/c1-11-5-3-4-6-13-9-12(7-8-17-13)15-14(19-16(11)21)10-18-20(15)2;3-2(4,5)1(6)7/h7-11H,3-6H2,1-2H3,(H,19,21);(H,6,7)/i2D3;. The lowest BCUT2D eigenvalue weighted by atomic mass is 10.00. The van der Waals surface area contributed by atoms with Crippen LogP contribution in [-0.4, -0.2) is 37.9 Å². The summed E-state index contributed by atoms with van der Waals surface area (Å²) in [5, 5.41) is 14.0. The summed E-state index contributed by atoms with van der Waals surface area (Å²) >= 11 is 0. The third kappa shape index (κ3) is 5.54. The average Bonchev–Trinajstić information content (AvgIpc) is 3.08. The molecule has 1 aliphatic rings. The van der Waals surface area contributed by atoms with Gasteiger partial charge >= 0.3 is 12.1 Å². The number of nitrogens with one attached hydrogen (secondary N) is 1. The van der Waals surface area contributed by atoms with Crippen molar-refractivity contribution in [2.45, 2.75) is 38.8 Å². The molecule has 1 amide bonds. The number of hydrogen-bond acceptors (Lipinski definition) is 4. The van der Waals surface area contributed by atoms with Crippen LogP contribution in [0.2, 0.25) is 0 Å². The Hall–Kier alpha value is -2.91. The number of alkyl halides is 3. The summed E-state index contributed by atoms with van der Waals surface area (Å²) < 4.78 is 55.8. The minimum Gasteiger partial charge on any atom is -0.475 e. The van der Waals surface area contributed by atoms with Crippen molar-refractivity contribution in [3.63, 3.8) is 0 Å². The lowest BCUT2D eigenvalue weighted by molar-refractivity contribution is -0.192. The van der Waals surface area contributed by atoms with Gasteiger partial charge in [-0.3, -0.25) is 14.5 Å². The maximum Gasteiger partial charge on any atom is 0.490 e. The molecule has 0 aliphatic carbocycles. The van der Waals surface area contributed by atoms with Crippen LogP contribution in [0.25, 0.3) is 11.3 Å². The Kier molecular flexibility index (Phi) is 5.44. The normalized spacial score (nSPS) is 19.2. The van der Waals surface area contributed by atoms with Gasteiger partial charge < -0.3 is 10.4 Å². The van der Waals surface area contributed by atoms with E-state index >= 15 is 0 Å². The van der Waals surface area contributed by atoms with E-state index in [9.17, 15) is 18.0 Å². The highest BCUT2D eigenvalue weighted by molar-refractivity contribution is 5.95. The van der Waals surface area contributed by atoms with Crippen molar-refractivity contribution >= 4 is 17.6 Å². The van der Waals surface area contributed by atoms with E-state index in [1.807, 2.05) is 13.0 Å². The molecular weight excluding hydrogens is 377 g/mol. The molecule has 0 fully saturated rings. The summed E-state index contributed by atoms with van der Waals surface area (Å²) in [6, 6.07) is 3.62. The van der Waals surface area contributed by atoms with Crippen LogP contribution < -0.4 is 5.32 Å². The van der Waals surface area contributed by atoms with E-state index in [4.69, 9.17) is 14.0 Å². The first kappa shape index (κ1) is 17.2. The second kappa shape index (κ2) is 8.85. The Labute approximate surface area is 163 Å². The summed E-state index contributed by atoms with van der Waals surface area (Å²) in [5.74, 6) is -3.01. The summed E-state index contributed by atoms with van der Waals surface area (Å²) in [7, 11) is 0. The zero-order chi connectivity index (χ0) is 23.4. The molecule has 2 aromatic heterocycles. The van der Waals surface area contributed by atoms with E-state index in [1.165, 1.54) is 6.20 Å². The van der Waals surface area contributed by atoms with Gasteiger partial charge in [0.1, 0.15) is 0 Å². The molecule has 28 heavy (non-hydrogen) atoms. The molecule has 1 atom stereocenters. The largest absolute Gasteiger partial charge is 0.490 e. The number of aliphatic carboxylic acids is 1. The SMILES string of the molecule is O=C(O)C(F)(F)F.[2H]C([2H])([2H])n1ncc2c1-c1ccnc(c1)CCCCC(C)C(=O)N2. The van der Waals surface area contributed by atoms with Gasteiger partial charge in [0.15, 0.2) is 0 Å². The van der Waals surface area contributed by atoms with E-state index in [0.717, 1.165) is 36.1 Å². The molecule has 2 aromatic rings. The van der Waals surface area contributed by atoms with Crippen LogP contribution >= 0.6 is 0 Å². The average molecular weight is 401 g/mol. The van der Waals surface area contributed by atoms with Gasteiger partial charge in [0.2, 0.25) is 5.91 Å². The first-order valence-electron chi connectivity index (χ1n) is 9.95. The van der Waals surface area contributed by atoms with E-state index in [0.29, 0.717) is 16.9 Å². The smallest absolute Gasteiger partial charge is 0.475 e. The fourth-order valence-corrected chi connectivity index (χ4v) is 2.62. The number of anilines is 1. The van der Waals surface area contributed by atoms with Crippen molar-refractivity contribution in [2.75, 3.05) is 5.32 Å². The number of amides is 1. The number of aryl methyl sites for hydroxylation is 2. The molecule has 1 aliphatic heterocycles. The second-order valence-corrected chi connectivity index (χ2v) is 6.29. The van der Waals surface area contributed by atoms with Crippen molar-refractivity contribution in [1.29, 1.82) is 0 Å². The van der Waals surface area contributed by atoms with Gasteiger partial charge in [-0.05, 0) is 31.4 Å². The summed E-state index contributed by atoms with van der Waals surface area (Å²) in [4.78, 5) is 25.6. The maximum absolute atomic E-state index is 12.4. The number of carboxylic acid groups (broad SMARTS) is 1. The van der Waals surface area contributed by atoms with Crippen molar-refractivity contribution < 1.29 is 32.0 Å². The topological polar surface area (TPSA) is 97.1 Å². The van der Waals surface area contributed by atoms with Crippen molar-refractivity contribution in [3.8, 4) is 11.3 Å². The van der Waals surface area contributed by atoms with E-state index in [-0.39, 0.29) is 11.8 Å². The monoisotopic (exact) mass is 401 g/mol. The Morgan fingerprint density at radius 1 is 1.43 bits per heavy atom. The molecule has 3 heterocycles. The fourth-order valence-electron chi connectivity index (χ4n) is 2.62. The molecule has 0 spiro atoms. The van der Waals surface area contributed by atoms with Gasteiger partial charge in [0.05, 0.1) is 17.6 Å². The molecule has 0 saturated carbocycles. The molecule has 3 rings (SSSR count). The number of carbonyl (C=O) groups excluding carboxylic acids is 1. The molecule has 7 nitrogen and oxygen atoms in total. The summed E-state index contributed by atoms with van der Waals surface area (Å²) in [6.45, 7) is -0.545. The van der Waals surface area contributed by atoms with Gasteiger partial charge in [-0.15, -0.1) is 0 Å². The molecule has 10 heteroatoms. The molecule has 152 valence electrons. The highest BCUT2D eigenvalue weighted by atomic mass is 19.4. The van der Waals surface area contributed by atoms with Crippen molar-refractivity contribution in [2.24, 2.45) is 12.9 Å². The van der Waals surface area contributed by atoms with E-state index < -0.39 is 19.1 Å². The molecular formula is C18H21F3N4O3. The zero-order valence-electron chi connectivity index (χ0n) is 18.0. The molecule has 0 aromatic carbocycles. The van der Waals surface area contributed by atoms with Gasteiger partial charge in [0.25, 0.3) is 0 Å². The lowest BCUT2D eigenvalue weighted by Crippen LogP contribution is -2.21. The summed E-state index contributed by atoms with van der Waals surface area (Å²) in [5.41, 5.74) is 2.41. The molecule has 2 bridgehead atoms. The molecule has 1 unspecified atom stereocenters. The Morgan fingerprint density at radius 3 is 2.79 bits per heavy atom. The molecule has 2 N–H and O–H groups in total. The third-order valence-electron chi connectivity index (χ3n) is 4.13. The van der Waals surface area contributed by atoms with Crippen LogP contribution in [0, 0.1) is 5.92 Å². The van der Waals surface area contributed by atoms with Crippen LogP contribution in [-0.2, 0) is 23.0 Å². The molecule has 0 radical (unpaired) electrons. The first-order chi connectivity index (χ1) is 14.3. The number of fused-ring (bicyclic) bond motifs is 4. The van der Waals surface area contributed by atoms with Crippen LogP contribution in [0.3, 0.4) is 0 Å². The number of hydrogen-bond donors (Lipinski definition) is 2. The van der Waals surface area contributed by atoms with Gasteiger partial charge in [-0.25, -0.2) is 4.79 Å². The van der Waals surface area contributed by atoms with Crippen molar-refractivity contribution in [1.82, 2.24) is 14.8 Å². The minimum absolute atomic E-state index is 0.115. The van der Waals surface area contributed by atoms with Gasteiger partial charge in [-0.2, -0.15) is 18.3 Å². The van der Waals surface area contributed by atoms with Gasteiger partial charge in [0, 0.05) is 34.5 Å². The Balaban J connectivity index is 0.000000423. The quantitative estimate of drug-likeness (QED) is 0.705. The highest BCUT2D eigenvalue weighted by Crippen LogP contribution is 2.29. The van der Waals surface area contributed by atoms with Crippen LogP contribution in [0.5, 0.6) is 0 Å². The number of rotatable bonds is 0. The molecule has 0 saturated heterocycles. The predicted molar refractivity (Wildman–Crippen MR) is 95.5 cm³/mol. The van der Waals surface area contributed by atoms with Crippen molar-refractivity contribution in [3.05, 3.63) is 30.2 Å². The van der Waals surface area contributed by atoms with Crippen LogP contribution in [0.4, 0.5) is 18.9 Å². The second-order valence-electron chi connectivity index (χ2n) is 6.29. The number of halogens is 3. The van der Waals surface area contributed by atoms with Crippen LogP contribution in [0.15, 0.2) is 24.5 Å². The minimum atomic E-state index is -5.08. The number of pyridine rings is 1. The maximum atomic E-state index is 12.4. The van der Waals surface area contributed by atoms with E-state index in [1.54, 1.807) is 12.3 Å². The van der Waals surface area contributed by atoms with Gasteiger partial charge in [-0.1, -0.05) is 13.3 Å².